The summed E-state index contributed by atoms with van der Waals surface area (Å²) in [5.41, 5.74) is 5.57. The first-order valence-electron chi connectivity index (χ1n) is 10.4. The second-order valence-electron chi connectivity index (χ2n) is 7.97. The summed E-state index contributed by atoms with van der Waals surface area (Å²) in [7, 11) is 0. The summed E-state index contributed by atoms with van der Waals surface area (Å²) in [5.74, 6) is 0.864. The van der Waals surface area contributed by atoms with Crippen LogP contribution in [0.4, 0.5) is 4.39 Å². The van der Waals surface area contributed by atoms with Gasteiger partial charge in [0, 0.05) is 35.1 Å². The molecule has 4 nitrogen and oxygen atoms in total. The predicted octanol–water partition coefficient (Wildman–Crippen LogP) is 5.61. The first kappa shape index (κ1) is 19.4. The number of aromatic nitrogens is 2. The SMILES string of the molecule is CC[C@@H]1CSC2=N[C@H](c3ccccn3)[C@@H](c3cc(C)n(-c4ccc(F)cc4)c3C)N21. The third-order valence-corrected chi connectivity index (χ3v) is 7.33. The molecule has 4 heterocycles. The lowest BCUT2D eigenvalue weighted by molar-refractivity contribution is 0.254. The van der Waals surface area contributed by atoms with Crippen LogP contribution in [0, 0.1) is 19.7 Å². The topological polar surface area (TPSA) is 33.4 Å². The van der Waals surface area contributed by atoms with Crippen molar-refractivity contribution in [2.75, 3.05) is 5.75 Å². The zero-order valence-electron chi connectivity index (χ0n) is 17.4. The van der Waals surface area contributed by atoms with E-state index >= 15 is 0 Å². The molecule has 2 aliphatic heterocycles. The van der Waals surface area contributed by atoms with Gasteiger partial charge in [0.15, 0.2) is 5.17 Å². The number of aryl methyl sites for hydroxylation is 1. The molecule has 0 amide bonds. The maximum Gasteiger partial charge on any atom is 0.160 e. The van der Waals surface area contributed by atoms with E-state index in [1.807, 2.05) is 42.2 Å². The summed E-state index contributed by atoms with van der Waals surface area (Å²) in [4.78, 5) is 12.3. The van der Waals surface area contributed by atoms with Crippen molar-refractivity contribution < 1.29 is 4.39 Å². The quantitative estimate of drug-likeness (QED) is 0.550. The van der Waals surface area contributed by atoms with E-state index in [9.17, 15) is 4.39 Å². The molecule has 2 aliphatic rings. The van der Waals surface area contributed by atoms with E-state index in [1.165, 1.54) is 23.4 Å². The molecular weight excluding hydrogens is 395 g/mol. The van der Waals surface area contributed by atoms with Crippen molar-refractivity contribution >= 4 is 16.9 Å². The van der Waals surface area contributed by atoms with E-state index < -0.39 is 0 Å². The molecule has 30 heavy (non-hydrogen) atoms. The van der Waals surface area contributed by atoms with Crippen LogP contribution in [-0.4, -0.2) is 31.4 Å². The van der Waals surface area contributed by atoms with Crippen molar-refractivity contribution in [3.63, 3.8) is 0 Å². The number of hydrogen-bond donors (Lipinski definition) is 0. The molecule has 1 fully saturated rings. The maximum absolute atomic E-state index is 13.5. The number of hydrogen-bond acceptors (Lipinski definition) is 4. The number of rotatable bonds is 4. The zero-order valence-corrected chi connectivity index (χ0v) is 18.2. The Hall–Kier alpha value is -2.60. The van der Waals surface area contributed by atoms with Crippen LogP contribution in [0.3, 0.4) is 0 Å². The van der Waals surface area contributed by atoms with Crippen LogP contribution in [-0.2, 0) is 0 Å². The number of amidine groups is 1. The molecule has 1 aromatic carbocycles. The number of nitrogens with zero attached hydrogens (tertiary/aromatic N) is 4. The van der Waals surface area contributed by atoms with Gasteiger partial charge in [-0.15, -0.1) is 0 Å². The Morgan fingerprint density at radius 1 is 1.13 bits per heavy atom. The monoisotopic (exact) mass is 420 g/mol. The van der Waals surface area contributed by atoms with Crippen LogP contribution in [0.2, 0.25) is 0 Å². The Kier molecular flexibility index (Phi) is 4.89. The molecule has 0 unspecified atom stereocenters. The second-order valence-corrected chi connectivity index (χ2v) is 8.96. The summed E-state index contributed by atoms with van der Waals surface area (Å²) in [6.45, 7) is 6.52. The van der Waals surface area contributed by atoms with Gasteiger partial charge in [0.05, 0.1) is 11.7 Å². The third-order valence-electron chi connectivity index (χ3n) is 6.20. The minimum atomic E-state index is -0.217. The molecule has 0 bridgehead atoms. The van der Waals surface area contributed by atoms with Crippen molar-refractivity contribution in [3.8, 4) is 5.69 Å². The molecule has 154 valence electrons. The molecule has 3 aromatic rings. The van der Waals surface area contributed by atoms with Gasteiger partial charge in [0.25, 0.3) is 0 Å². The molecule has 0 saturated carbocycles. The first-order chi connectivity index (χ1) is 14.6. The zero-order chi connectivity index (χ0) is 20.8. The highest BCUT2D eigenvalue weighted by atomic mass is 32.2. The highest BCUT2D eigenvalue weighted by molar-refractivity contribution is 8.14. The molecular formula is C24H25FN4S. The molecule has 0 N–H and O–H groups in total. The number of benzene rings is 1. The predicted molar refractivity (Wildman–Crippen MR) is 121 cm³/mol. The largest absolute Gasteiger partial charge is 0.338 e. The van der Waals surface area contributed by atoms with Crippen molar-refractivity contribution in [2.45, 2.75) is 45.3 Å². The van der Waals surface area contributed by atoms with Crippen LogP contribution in [0.15, 0.2) is 59.7 Å². The smallest absolute Gasteiger partial charge is 0.160 e. The van der Waals surface area contributed by atoms with Gasteiger partial charge < -0.3 is 9.47 Å². The van der Waals surface area contributed by atoms with Crippen LogP contribution in [0.1, 0.15) is 48.1 Å². The fraction of sp³-hybridized carbons (Fsp3) is 0.333. The lowest BCUT2D eigenvalue weighted by Gasteiger charge is -2.32. The van der Waals surface area contributed by atoms with Crippen molar-refractivity contribution in [3.05, 3.63) is 83.2 Å². The van der Waals surface area contributed by atoms with Crippen molar-refractivity contribution in [2.24, 2.45) is 4.99 Å². The molecule has 6 heteroatoms. The first-order valence-corrected chi connectivity index (χ1v) is 11.4. The number of pyridine rings is 1. The Bertz CT molecular complexity index is 1090. The second kappa shape index (κ2) is 7.58. The van der Waals surface area contributed by atoms with Crippen LogP contribution in [0.5, 0.6) is 0 Å². The van der Waals surface area contributed by atoms with Gasteiger partial charge >= 0.3 is 0 Å². The standard InChI is InChI=1S/C24H25FN4S/c1-4-18-14-30-24-27-22(21-7-5-6-12-26-21)23(29(18)24)20-13-15(2)28(16(20)3)19-10-8-17(25)9-11-19/h5-13,18,22-23H,4,14H2,1-3H3/t18-,22-,23-/m1/s1. The highest BCUT2D eigenvalue weighted by Gasteiger charge is 2.46. The van der Waals surface area contributed by atoms with E-state index in [-0.39, 0.29) is 17.9 Å². The summed E-state index contributed by atoms with van der Waals surface area (Å²) >= 11 is 1.86. The summed E-state index contributed by atoms with van der Waals surface area (Å²) in [6.07, 6.45) is 2.94. The van der Waals surface area contributed by atoms with Gasteiger partial charge in [0.1, 0.15) is 11.9 Å². The average molecular weight is 421 g/mol. The van der Waals surface area contributed by atoms with Crippen molar-refractivity contribution in [1.29, 1.82) is 0 Å². The lowest BCUT2D eigenvalue weighted by Crippen LogP contribution is -2.35. The fourth-order valence-electron chi connectivity index (χ4n) is 4.76. The summed E-state index contributed by atoms with van der Waals surface area (Å²) in [5, 5.41) is 1.13. The number of thioether (sulfide) groups is 1. The van der Waals surface area contributed by atoms with Gasteiger partial charge in [-0.1, -0.05) is 24.8 Å². The molecule has 3 atom stereocenters. The molecule has 0 radical (unpaired) electrons. The lowest BCUT2D eigenvalue weighted by atomic mass is 9.95. The minimum absolute atomic E-state index is 0.0229. The van der Waals surface area contributed by atoms with E-state index in [0.717, 1.165) is 34.4 Å². The van der Waals surface area contributed by atoms with Crippen molar-refractivity contribution in [1.82, 2.24) is 14.5 Å². The minimum Gasteiger partial charge on any atom is -0.338 e. The maximum atomic E-state index is 13.5. The van der Waals surface area contributed by atoms with E-state index in [4.69, 9.17) is 4.99 Å². The Balaban J connectivity index is 1.63. The Labute approximate surface area is 180 Å². The van der Waals surface area contributed by atoms with E-state index in [0.29, 0.717) is 6.04 Å². The Morgan fingerprint density at radius 3 is 2.63 bits per heavy atom. The van der Waals surface area contributed by atoms with E-state index in [2.05, 4.69) is 47.4 Å². The van der Waals surface area contributed by atoms with Crippen LogP contribution in [0.25, 0.3) is 5.69 Å². The van der Waals surface area contributed by atoms with Gasteiger partial charge in [-0.2, -0.15) is 0 Å². The van der Waals surface area contributed by atoms with Crippen LogP contribution >= 0.6 is 11.8 Å². The number of aliphatic imine (C=N–C) groups is 1. The molecule has 0 aliphatic carbocycles. The van der Waals surface area contributed by atoms with Gasteiger partial charge in [-0.3, -0.25) is 9.98 Å². The number of halogens is 1. The molecule has 5 rings (SSSR count). The van der Waals surface area contributed by atoms with Gasteiger partial charge in [0.2, 0.25) is 0 Å². The summed E-state index contributed by atoms with van der Waals surface area (Å²) in [6, 6.07) is 15.6. The summed E-state index contributed by atoms with van der Waals surface area (Å²) < 4.78 is 15.7. The molecule has 2 aromatic heterocycles. The van der Waals surface area contributed by atoms with E-state index in [1.54, 1.807) is 0 Å². The number of fused-ring (bicyclic) bond motifs is 1. The molecule has 1 saturated heterocycles. The third kappa shape index (κ3) is 3.05. The molecule has 0 spiro atoms. The van der Waals surface area contributed by atoms with Crippen LogP contribution < -0.4 is 0 Å². The fourth-order valence-corrected chi connectivity index (χ4v) is 6.10. The Morgan fingerprint density at radius 2 is 1.93 bits per heavy atom. The highest BCUT2D eigenvalue weighted by Crippen LogP contribution is 2.49. The normalized spacial score (nSPS) is 23.0. The average Bonchev–Trinajstić information content (AvgIpc) is 3.41. The van der Waals surface area contributed by atoms with Gasteiger partial charge in [-0.05, 0) is 68.3 Å². The van der Waals surface area contributed by atoms with Gasteiger partial charge in [-0.25, -0.2) is 4.39 Å².